The highest BCUT2D eigenvalue weighted by molar-refractivity contribution is 5.49. The van der Waals surface area contributed by atoms with Gasteiger partial charge in [0, 0.05) is 12.5 Å². The topological polar surface area (TPSA) is 43.1 Å². The average Bonchev–Trinajstić information content (AvgIpc) is 2.15. The molecule has 0 amide bonds. The van der Waals surface area contributed by atoms with E-state index in [2.05, 4.69) is 13.8 Å². The van der Waals surface area contributed by atoms with Gasteiger partial charge in [-0.2, -0.15) is 0 Å². The summed E-state index contributed by atoms with van der Waals surface area (Å²) in [5.74, 6) is 0.522. The fraction of sp³-hybridized carbons (Fsp3) is 0.917. The SMILES string of the molecule is CCCCC(CC=O)CC(N)CCC. The van der Waals surface area contributed by atoms with Gasteiger partial charge in [0.15, 0.2) is 0 Å². The van der Waals surface area contributed by atoms with Crippen LogP contribution >= 0.6 is 0 Å². The third kappa shape index (κ3) is 7.07. The van der Waals surface area contributed by atoms with Crippen LogP contribution in [0, 0.1) is 5.92 Å². The normalized spacial score (nSPS) is 15.1. The molecular formula is C12H25NO. The van der Waals surface area contributed by atoms with Crippen molar-refractivity contribution in [3.63, 3.8) is 0 Å². The van der Waals surface area contributed by atoms with Gasteiger partial charge in [0.2, 0.25) is 0 Å². The van der Waals surface area contributed by atoms with Gasteiger partial charge in [-0.25, -0.2) is 0 Å². The lowest BCUT2D eigenvalue weighted by atomic mass is 9.91. The Morgan fingerprint density at radius 2 is 1.93 bits per heavy atom. The molecule has 0 rings (SSSR count). The van der Waals surface area contributed by atoms with Crippen LogP contribution < -0.4 is 5.73 Å². The van der Waals surface area contributed by atoms with E-state index in [0.717, 1.165) is 32.0 Å². The lowest BCUT2D eigenvalue weighted by molar-refractivity contribution is -0.108. The summed E-state index contributed by atoms with van der Waals surface area (Å²) in [6.45, 7) is 4.34. The van der Waals surface area contributed by atoms with E-state index in [1.54, 1.807) is 0 Å². The Kier molecular flexibility index (Phi) is 8.95. The third-order valence-electron chi connectivity index (χ3n) is 2.69. The van der Waals surface area contributed by atoms with Gasteiger partial charge in [-0.1, -0.05) is 33.1 Å². The molecule has 0 fully saturated rings. The molecule has 0 radical (unpaired) electrons. The van der Waals surface area contributed by atoms with E-state index in [4.69, 9.17) is 5.73 Å². The van der Waals surface area contributed by atoms with Crippen molar-refractivity contribution in [3.8, 4) is 0 Å². The Morgan fingerprint density at radius 1 is 1.21 bits per heavy atom. The quantitative estimate of drug-likeness (QED) is 0.580. The summed E-state index contributed by atoms with van der Waals surface area (Å²) in [5.41, 5.74) is 5.97. The highest BCUT2D eigenvalue weighted by Crippen LogP contribution is 2.18. The number of carbonyl (C=O) groups excluding carboxylic acids is 1. The first-order valence-electron chi connectivity index (χ1n) is 5.93. The molecular weight excluding hydrogens is 174 g/mol. The van der Waals surface area contributed by atoms with Crippen molar-refractivity contribution >= 4 is 6.29 Å². The van der Waals surface area contributed by atoms with Gasteiger partial charge in [0.1, 0.15) is 6.29 Å². The van der Waals surface area contributed by atoms with Crippen LogP contribution in [0.5, 0.6) is 0 Å². The van der Waals surface area contributed by atoms with Crippen molar-refractivity contribution in [1.82, 2.24) is 0 Å². The molecule has 2 atom stereocenters. The van der Waals surface area contributed by atoms with E-state index in [-0.39, 0.29) is 0 Å². The molecule has 0 aliphatic rings. The predicted molar refractivity (Wildman–Crippen MR) is 61.2 cm³/mol. The number of unbranched alkanes of at least 4 members (excludes halogenated alkanes) is 1. The standard InChI is InChI=1S/C12H25NO/c1-3-5-7-11(8-9-14)10-12(13)6-4-2/h9,11-12H,3-8,10,13H2,1-2H3. The summed E-state index contributed by atoms with van der Waals surface area (Å²) in [6.07, 6.45) is 8.57. The van der Waals surface area contributed by atoms with Gasteiger partial charge in [-0.05, 0) is 25.2 Å². The van der Waals surface area contributed by atoms with Crippen LogP contribution in [0.2, 0.25) is 0 Å². The summed E-state index contributed by atoms with van der Waals surface area (Å²) < 4.78 is 0. The minimum Gasteiger partial charge on any atom is -0.328 e. The van der Waals surface area contributed by atoms with Crippen molar-refractivity contribution in [2.45, 2.75) is 64.8 Å². The Hall–Kier alpha value is -0.370. The Bertz CT molecular complexity index is 136. The van der Waals surface area contributed by atoms with Gasteiger partial charge in [-0.3, -0.25) is 0 Å². The average molecular weight is 199 g/mol. The van der Waals surface area contributed by atoms with E-state index in [1.807, 2.05) is 0 Å². The monoisotopic (exact) mass is 199 g/mol. The molecule has 0 heterocycles. The molecule has 2 N–H and O–H groups in total. The Balaban J connectivity index is 3.75. The van der Waals surface area contributed by atoms with Gasteiger partial charge in [0.05, 0.1) is 0 Å². The second kappa shape index (κ2) is 9.20. The smallest absolute Gasteiger partial charge is 0.120 e. The molecule has 2 heteroatoms. The maximum Gasteiger partial charge on any atom is 0.120 e. The summed E-state index contributed by atoms with van der Waals surface area (Å²) in [7, 11) is 0. The van der Waals surface area contributed by atoms with Crippen molar-refractivity contribution in [2.75, 3.05) is 0 Å². The largest absolute Gasteiger partial charge is 0.328 e. The lowest BCUT2D eigenvalue weighted by Crippen LogP contribution is -2.23. The molecule has 0 aliphatic carbocycles. The molecule has 0 spiro atoms. The molecule has 84 valence electrons. The van der Waals surface area contributed by atoms with Crippen LogP contribution in [0.1, 0.15) is 58.8 Å². The fourth-order valence-corrected chi connectivity index (χ4v) is 1.88. The van der Waals surface area contributed by atoms with Crippen molar-refractivity contribution in [3.05, 3.63) is 0 Å². The number of hydrogen-bond donors (Lipinski definition) is 1. The van der Waals surface area contributed by atoms with Gasteiger partial charge in [0.25, 0.3) is 0 Å². The molecule has 0 aliphatic heterocycles. The van der Waals surface area contributed by atoms with Crippen molar-refractivity contribution in [1.29, 1.82) is 0 Å². The minimum atomic E-state index is 0.293. The molecule has 2 nitrogen and oxygen atoms in total. The van der Waals surface area contributed by atoms with Crippen LogP contribution in [0.25, 0.3) is 0 Å². The van der Waals surface area contributed by atoms with Crippen LogP contribution in [-0.2, 0) is 4.79 Å². The molecule has 0 saturated carbocycles. The number of rotatable bonds is 9. The van der Waals surface area contributed by atoms with Gasteiger partial charge < -0.3 is 10.5 Å². The second-order valence-corrected chi connectivity index (χ2v) is 4.20. The lowest BCUT2D eigenvalue weighted by Gasteiger charge is -2.18. The van der Waals surface area contributed by atoms with E-state index in [0.29, 0.717) is 18.4 Å². The first-order chi connectivity index (χ1) is 6.74. The second-order valence-electron chi connectivity index (χ2n) is 4.20. The number of nitrogens with two attached hydrogens (primary N) is 1. The molecule has 2 unspecified atom stereocenters. The molecule has 0 aromatic heterocycles. The Labute approximate surface area is 88.3 Å². The van der Waals surface area contributed by atoms with Crippen LogP contribution in [0.3, 0.4) is 0 Å². The fourth-order valence-electron chi connectivity index (χ4n) is 1.88. The van der Waals surface area contributed by atoms with Crippen LogP contribution in [0.15, 0.2) is 0 Å². The van der Waals surface area contributed by atoms with Crippen molar-refractivity contribution < 1.29 is 4.79 Å². The maximum absolute atomic E-state index is 10.5. The molecule has 0 aromatic rings. The minimum absolute atomic E-state index is 0.293. The number of carbonyl (C=O) groups is 1. The van der Waals surface area contributed by atoms with Crippen LogP contribution in [-0.4, -0.2) is 12.3 Å². The highest BCUT2D eigenvalue weighted by Gasteiger charge is 2.12. The van der Waals surface area contributed by atoms with Crippen molar-refractivity contribution in [2.24, 2.45) is 11.7 Å². The maximum atomic E-state index is 10.5. The number of aldehydes is 1. The molecule has 0 aromatic carbocycles. The summed E-state index contributed by atoms with van der Waals surface area (Å²) >= 11 is 0. The van der Waals surface area contributed by atoms with E-state index < -0.39 is 0 Å². The highest BCUT2D eigenvalue weighted by atomic mass is 16.1. The number of hydrogen-bond acceptors (Lipinski definition) is 2. The summed E-state index contributed by atoms with van der Waals surface area (Å²) in [5, 5.41) is 0. The van der Waals surface area contributed by atoms with E-state index >= 15 is 0 Å². The third-order valence-corrected chi connectivity index (χ3v) is 2.69. The van der Waals surface area contributed by atoms with E-state index in [1.165, 1.54) is 12.8 Å². The summed E-state index contributed by atoms with van der Waals surface area (Å²) in [4.78, 5) is 10.5. The first-order valence-corrected chi connectivity index (χ1v) is 5.93. The van der Waals surface area contributed by atoms with Gasteiger partial charge in [-0.15, -0.1) is 0 Å². The first kappa shape index (κ1) is 13.6. The zero-order valence-electron chi connectivity index (χ0n) is 9.67. The molecule has 14 heavy (non-hydrogen) atoms. The summed E-state index contributed by atoms with van der Waals surface area (Å²) in [6, 6.07) is 0.293. The zero-order valence-corrected chi connectivity index (χ0v) is 9.67. The molecule has 0 saturated heterocycles. The van der Waals surface area contributed by atoms with E-state index in [9.17, 15) is 4.79 Å². The zero-order chi connectivity index (χ0) is 10.8. The van der Waals surface area contributed by atoms with Crippen LogP contribution in [0.4, 0.5) is 0 Å². The van der Waals surface area contributed by atoms with Gasteiger partial charge >= 0.3 is 0 Å². The predicted octanol–water partition coefficient (Wildman–Crippen LogP) is 2.90. The Morgan fingerprint density at radius 3 is 2.43 bits per heavy atom. The molecule has 0 bridgehead atoms.